The van der Waals surface area contributed by atoms with E-state index in [9.17, 15) is 9.18 Å². The van der Waals surface area contributed by atoms with Gasteiger partial charge in [-0.3, -0.25) is 0 Å². The first-order valence-electron chi connectivity index (χ1n) is 7.39. The summed E-state index contributed by atoms with van der Waals surface area (Å²) in [7, 11) is 0. The minimum Gasteiger partial charge on any atom is -0.331 e. The Morgan fingerprint density at radius 2 is 1.64 bits per heavy atom. The van der Waals surface area contributed by atoms with Crippen molar-refractivity contribution in [3.63, 3.8) is 0 Å². The lowest BCUT2D eigenvalue weighted by Gasteiger charge is -2.17. The highest BCUT2D eigenvalue weighted by Crippen LogP contribution is 2.23. The number of urea groups is 1. The van der Waals surface area contributed by atoms with Gasteiger partial charge in [-0.2, -0.15) is 0 Å². The van der Waals surface area contributed by atoms with Crippen molar-refractivity contribution in [2.75, 3.05) is 5.32 Å². The van der Waals surface area contributed by atoms with Crippen LogP contribution in [-0.4, -0.2) is 6.03 Å². The molecule has 116 valence electrons. The van der Waals surface area contributed by atoms with Crippen LogP contribution in [0.15, 0.2) is 48.5 Å². The number of anilines is 1. The molecule has 0 aliphatic rings. The van der Waals surface area contributed by atoms with Crippen LogP contribution in [0.25, 0.3) is 0 Å². The van der Waals surface area contributed by atoms with E-state index in [1.165, 1.54) is 12.1 Å². The minimum atomic E-state index is -0.286. The number of benzene rings is 2. The van der Waals surface area contributed by atoms with Gasteiger partial charge < -0.3 is 10.6 Å². The zero-order valence-corrected chi connectivity index (χ0v) is 13.1. The molecule has 2 aromatic carbocycles. The first-order valence-corrected chi connectivity index (χ1v) is 7.39. The molecule has 2 aromatic rings. The molecule has 0 saturated heterocycles. The van der Waals surface area contributed by atoms with Gasteiger partial charge in [0.15, 0.2) is 0 Å². The lowest BCUT2D eigenvalue weighted by molar-refractivity contribution is 0.249. The molecule has 0 aliphatic carbocycles. The van der Waals surface area contributed by atoms with Gasteiger partial charge in [0.25, 0.3) is 0 Å². The molecule has 1 unspecified atom stereocenters. The zero-order valence-electron chi connectivity index (χ0n) is 13.1. The molecule has 0 bridgehead atoms. The number of nitrogens with one attached hydrogen (secondary N) is 2. The molecule has 0 heterocycles. The molecule has 0 aliphatic heterocycles. The van der Waals surface area contributed by atoms with Crippen molar-refractivity contribution < 1.29 is 9.18 Å². The molecule has 0 radical (unpaired) electrons. The summed E-state index contributed by atoms with van der Waals surface area (Å²) in [5.74, 6) is 0.0392. The van der Waals surface area contributed by atoms with Crippen molar-refractivity contribution in [3.05, 3.63) is 65.5 Å². The number of carbonyl (C=O) groups excluding carboxylic acids is 1. The third-order valence-electron chi connectivity index (χ3n) is 3.55. The fourth-order valence-electron chi connectivity index (χ4n) is 2.30. The van der Waals surface area contributed by atoms with Gasteiger partial charge in [-0.15, -0.1) is 0 Å². The van der Waals surface area contributed by atoms with Crippen molar-refractivity contribution in [1.29, 1.82) is 0 Å². The van der Waals surface area contributed by atoms with E-state index in [4.69, 9.17) is 0 Å². The molecule has 0 saturated carbocycles. The van der Waals surface area contributed by atoms with E-state index in [2.05, 4.69) is 24.5 Å². The molecule has 2 amide bonds. The quantitative estimate of drug-likeness (QED) is 0.834. The number of amides is 2. The van der Waals surface area contributed by atoms with Gasteiger partial charge in [0.1, 0.15) is 5.82 Å². The highest BCUT2D eigenvalue weighted by molar-refractivity contribution is 5.90. The van der Waals surface area contributed by atoms with Gasteiger partial charge in [-0.25, -0.2) is 9.18 Å². The van der Waals surface area contributed by atoms with Crippen molar-refractivity contribution in [3.8, 4) is 0 Å². The summed E-state index contributed by atoms with van der Waals surface area (Å²) in [6.45, 7) is 6.03. The number of carbonyl (C=O) groups is 1. The van der Waals surface area contributed by atoms with Crippen LogP contribution in [0.1, 0.15) is 43.9 Å². The summed E-state index contributed by atoms with van der Waals surface area (Å²) in [4.78, 5) is 12.1. The topological polar surface area (TPSA) is 41.1 Å². The van der Waals surface area contributed by atoms with E-state index < -0.39 is 0 Å². The fraction of sp³-hybridized carbons (Fsp3) is 0.278. The van der Waals surface area contributed by atoms with E-state index in [1.54, 1.807) is 12.1 Å². The molecule has 0 fully saturated rings. The number of hydrogen-bond acceptors (Lipinski definition) is 1. The maximum Gasteiger partial charge on any atom is 0.319 e. The van der Waals surface area contributed by atoms with Crippen molar-refractivity contribution in [2.24, 2.45) is 0 Å². The second-order valence-corrected chi connectivity index (χ2v) is 5.61. The summed E-state index contributed by atoms with van der Waals surface area (Å²) in [6.07, 6.45) is 0. The van der Waals surface area contributed by atoms with E-state index in [1.807, 2.05) is 31.2 Å². The Kier molecular flexibility index (Phi) is 5.15. The molecule has 22 heavy (non-hydrogen) atoms. The highest BCUT2D eigenvalue weighted by Gasteiger charge is 2.12. The molecular formula is C18H21FN2O. The number of hydrogen-bond donors (Lipinski definition) is 2. The summed E-state index contributed by atoms with van der Waals surface area (Å²) in [6, 6.07) is 13.4. The van der Waals surface area contributed by atoms with Crippen molar-refractivity contribution >= 4 is 11.7 Å². The predicted octanol–water partition coefficient (Wildman–Crippen LogP) is 4.83. The lowest BCUT2D eigenvalue weighted by Crippen LogP contribution is -2.31. The minimum absolute atomic E-state index is 0.202. The second kappa shape index (κ2) is 7.07. The van der Waals surface area contributed by atoms with Crippen LogP contribution in [0, 0.1) is 5.82 Å². The van der Waals surface area contributed by atoms with Gasteiger partial charge in [0.2, 0.25) is 0 Å². The standard InChI is InChI=1S/C18H21FN2O/c1-12(2)16-6-4-5-7-17(16)21-18(22)20-13(3)14-8-10-15(19)11-9-14/h4-13H,1-3H3,(H2,20,21,22). The maximum absolute atomic E-state index is 12.9. The Labute approximate surface area is 130 Å². The van der Waals surface area contributed by atoms with Crippen LogP contribution in [0.3, 0.4) is 0 Å². The van der Waals surface area contributed by atoms with Crippen molar-refractivity contribution in [1.82, 2.24) is 5.32 Å². The number of rotatable bonds is 4. The number of halogens is 1. The third kappa shape index (κ3) is 4.07. The van der Waals surface area contributed by atoms with Crippen LogP contribution in [0.5, 0.6) is 0 Å². The van der Waals surface area contributed by atoms with E-state index in [0.717, 1.165) is 16.8 Å². The molecule has 1 atom stereocenters. The van der Waals surface area contributed by atoms with Crippen LogP contribution < -0.4 is 10.6 Å². The largest absolute Gasteiger partial charge is 0.331 e. The Balaban J connectivity index is 2.02. The SMILES string of the molecule is CC(C)c1ccccc1NC(=O)NC(C)c1ccc(F)cc1. The van der Waals surface area contributed by atoms with E-state index in [0.29, 0.717) is 5.92 Å². The van der Waals surface area contributed by atoms with Gasteiger partial charge >= 0.3 is 6.03 Å². The average Bonchev–Trinajstić information content (AvgIpc) is 2.48. The molecule has 3 nitrogen and oxygen atoms in total. The molecular weight excluding hydrogens is 279 g/mol. The molecule has 2 N–H and O–H groups in total. The maximum atomic E-state index is 12.9. The second-order valence-electron chi connectivity index (χ2n) is 5.61. The Bertz CT molecular complexity index is 638. The molecule has 2 rings (SSSR count). The normalized spacial score (nSPS) is 12.0. The summed E-state index contributed by atoms with van der Waals surface area (Å²) in [5, 5.41) is 5.74. The van der Waals surface area contributed by atoms with Crippen LogP contribution in [0.2, 0.25) is 0 Å². The smallest absolute Gasteiger partial charge is 0.319 e. The van der Waals surface area contributed by atoms with Crippen LogP contribution in [-0.2, 0) is 0 Å². The molecule has 4 heteroatoms. The summed E-state index contributed by atoms with van der Waals surface area (Å²) >= 11 is 0. The Morgan fingerprint density at radius 3 is 2.27 bits per heavy atom. The lowest BCUT2D eigenvalue weighted by atomic mass is 10.0. The molecule has 0 spiro atoms. The van der Waals surface area contributed by atoms with E-state index >= 15 is 0 Å². The van der Waals surface area contributed by atoms with Gasteiger partial charge in [-0.1, -0.05) is 44.2 Å². The van der Waals surface area contributed by atoms with Gasteiger partial charge in [0.05, 0.1) is 6.04 Å². The first-order chi connectivity index (χ1) is 10.5. The Hall–Kier alpha value is -2.36. The predicted molar refractivity (Wildman–Crippen MR) is 87.5 cm³/mol. The Morgan fingerprint density at radius 1 is 1.00 bits per heavy atom. The zero-order chi connectivity index (χ0) is 16.1. The fourth-order valence-corrected chi connectivity index (χ4v) is 2.30. The van der Waals surface area contributed by atoms with Crippen LogP contribution in [0.4, 0.5) is 14.9 Å². The van der Waals surface area contributed by atoms with Crippen LogP contribution >= 0.6 is 0 Å². The van der Waals surface area contributed by atoms with E-state index in [-0.39, 0.29) is 17.9 Å². The third-order valence-corrected chi connectivity index (χ3v) is 3.55. The van der Waals surface area contributed by atoms with Gasteiger partial charge in [0, 0.05) is 5.69 Å². The summed E-state index contributed by atoms with van der Waals surface area (Å²) in [5.41, 5.74) is 2.75. The average molecular weight is 300 g/mol. The van der Waals surface area contributed by atoms with Crippen molar-refractivity contribution in [2.45, 2.75) is 32.7 Å². The first kappa shape index (κ1) is 16.0. The monoisotopic (exact) mass is 300 g/mol. The number of para-hydroxylation sites is 1. The highest BCUT2D eigenvalue weighted by atomic mass is 19.1. The molecule has 0 aromatic heterocycles. The van der Waals surface area contributed by atoms with Gasteiger partial charge in [-0.05, 0) is 42.2 Å². The summed E-state index contributed by atoms with van der Waals surface area (Å²) < 4.78 is 12.9.